The summed E-state index contributed by atoms with van der Waals surface area (Å²) in [4.78, 5) is 0. The second kappa shape index (κ2) is 5.63. The van der Waals surface area contributed by atoms with Crippen LogP contribution in [0.15, 0.2) is 0 Å². The normalized spacial score (nSPS) is 11.5. The van der Waals surface area contributed by atoms with Crippen molar-refractivity contribution in [2.75, 3.05) is 13.2 Å². The molecule has 0 saturated carbocycles. The van der Waals surface area contributed by atoms with Crippen molar-refractivity contribution < 1.29 is 17.9 Å². The van der Waals surface area contributed by atoms with Gasteiger partial charge in [-0.05, 0) is 6.92 Å². The van der Waals surface area contributed by atoms with E-state index in [1.165, 1.54) is 0 Å². The van der Waals surface area contributed by atoms with E-state index in [0.717, 1.165) is 4.68 Å². The number of nitrogens with zero attached hydrogens (tertiary/aromatic N) is 4. The van der Waals surface area contributed by atoms with Gasteiger partial charge in [-0.2, -0.15) is 18.4 Å². The standard InChI is InChI=1S/C9H11F3N4O/c1-2-17-6-5-16-8(9(10,11)12)7(3-4-13)14-15-16/h2-3,5-6H2,1H3. The maximum absolute atomic E-state index is 12.7. The summed E-state index contributed by atoms with van der Waals surface area (Å²) < 4.78 is 43.8. The third-order valence-electron chi connectivity index (χ3n) is 1.97. The van der Waals surface area contributed by atoms with Crippen LogP contribution < -0.4 is 0 Å². The number of ether oxygens (including phenoxy) is 1. The largest absolute Gasteiger partial charge is 0.434 e. The van der Waals surface area contributed by atoms with Crippen LogP contribution in [0.2, 0.25) is 0 Å². The maximum atomic E-state index is 12.7. The van der Waals surface area contributed by atoms with Crippen LogP contribution in [-0.2, 0) is 23.9 Å². The Hall–Kier alpha value is -1.62. The molecule has 1 aromatic rings. The first-order chi connectivity index (χ1) is 8.00. The molecule has 0 N–H and O–H groups in total. The summed E-state index contributed by atoms with van der Waals surface area (Å²) in [5, 5.41) is 15.2. The molecule has 0 radical (unpaired) electrons. The molecule has 94 valence electrons. The van der Waals surface area contributed by atoms with E-state index in [0.29, 0.717) is 6.61 Å². The van der Waals surface area contributed by atoms with E-state index in [9.17, 15) is 13.2 Å². The molecule has 0 bridgehead atoms. The molecule has 17 heavy (non-hydrogen) atoms. The molecule has 0 saturated heterocycles. The Morgan fingerprint density at radius 2 is 2.18 bits per heavy atom. The highest BCUT2D eigenvalue weighted by Gasteiger charge is 2.39. The fourth-order valence-electron chi connectivity index (χ4n) is 1.30. The molecule has 5 nitrogen and oxygen atoms in total. The molecule has 1 aromatic heterocycles. The van der Waals surface area contributed by atoms with Crippen molar-refractivity contribution in [2.24, 2.45) is 0 Å². The van der Waals surface area contributed by atoms with E-state index in [-0.39, 0.29) is 18.8 Å². The van der Waals surface area contributed by atoms with Gasteiger partial charge < -0.3 is 4.74 Å². The number of rotatable bonds is 5. The Bertz CT molecular complexity index is 407. The summed E-state index contributed by atoms with van der Waals surface area (Å²) in [5.74, 6) is 0. The molecule has 0 fully saturated rings. The number of nitriles is 1. The van der Waals surface area contributed by atoms with Gasteiger partial charge in [0.25, 0.3) is 0 Å². The zero-order valence-electron chi connectivity index (χ0n) is 9.16. The molecule has 8 heteroatoms. The van der Waals surface area contributed by atoms with E-state index in [1.54, 1.807) is 13.0 Å². The van der Waals surface area contributed by atoms with Gasteiger partial charge in [0.05, 0.1) is 25.6 Å². The second-order valence-corrected chi connectivity index (χ2v) is 3.14. The Labute approximate surface area is 95.8 Å². The first-order valence-corrected chi connectivity index (χ1v) is 4.95. The predicted octanol–water partition coefficient (Wildman–Crippen LogP) is 1.40. The monoisotopic (exact) mass is 248 g/mol. The van der Waals surface area contributed by atoms with Crippen LogP contribution in [0.5, 0.6) is 0 Å². The molecule has 1 rings (SSSR count). The fourth-order valence-corrected chi connectivity index (χ4v) is 1.30. The van der Waals surface area contributed by atoms with Gasteiger partial charge in [-0.25, -0.2) is 4.68 Å². The van der Waals surface area contributed by atoms with Gasteiger partial charge in [0.15, 0.2) is 5.69 Å². The van der Waals surface area contributed by atoms with Gasteiger partial charge >= 0.3 is 6.18 Å². The summed E-state index contributed by atoms with van der Waals surface area (Å²) in [5.41, 5.74) is -1.32. The van der Waals surface area contributed by atoms with Crippen molar-refractivity contribution >= 4 is 0 Å². The smallest absolute Gasteiger partial charge is 0.380 e. The van der Waals surface area contributed by atoms with Crippen LogP contribution >= 0.6 is 0 Å². The first-order valence-electron chi connectivity index (χ1n) is 4.95. The predicted molar refractivity (Wildman–Crippen MR) is 50.8 cm³/mol. The average Bonchev–Trinajstić information content (AvgIpc) is 2.62. The Morgan fingerprint density at radius 3 is 2.71 bits per heavy atom. The Balaban J connectivity index is 2.94. The van der Waals surface area contributed by atoms with Crippen LogP contribution in [-0.4, -0.2) is 28.2 Å². The first kappa shape index (κ1) is 13.4. The van der Waals surface area contributed by atoms with E-state index < -0.39 is 18.3 Å². The van der Waals surface area contributed by atoms with Crippen molar-refractivity contribution in [1.82, 2.24) is 15.0 Å². The van der Waals surface area contributed by atoms with Crippen LogP contribution in [0.3, 0.4) is 0 Å². The SMILES string of the molecule is CCOCCn1nnc(CC#N)c1C(F)(F)F. The lowest BCUT2D eigenvalue weighted by Gasteiger charge is -2.10. The molecule has 0 spiro atoms. The summed E-state index contributed by atoms with van der Waals surface area (Å²) >= 11 is 0. The Morgan fingerprint density at radius 1 is 1.47 bits per heavy atom. The summed E-state index contributed by atoms with van der Waals surface area (Å²) in [6, 6.07) is 1.63. The van der Waals surface area contributed by atoms with Gasteiger partial charge in [0.1, 0.15) is 5.69 Å². The van der Waals surface area contributed by atoms with Crippen LogP contribution in [0.25, 0.3) is 0 Å². The minimum absolute atomic E-state index is 0.0406. The molecule has 0 aliphatic heterocycles. The summed E-state index contributed by atoms with van der Waals surface area (Å²) in [7, 11) is 0. The maximum Gasteiger partial charge on any atom is 0.434 e. The Kier molecular flexibility index (Phi) is 4.45. The molecule has 0 aromatic carbocycles. The van der Waals surface area contributed by atoms with Crippen molar-refractivity contribution in [3.63, 3.8) is 0 Å². The van der Waals surface area contributed by atoms with E-state index in [4.69, 9.17) is 10.00 Å². The third-order valence-corrected chi connectivity index (χ3v) is 1.97. The molecule has 0 aliphatic rings. The molecule has 0 amide bonds. The van der Waals surface area contributed by atoms with E-state index in [1.807, 2.05) is 0 Å². The molecular formula is C9H11F3N4O. The highest BCUT2D eigenvalue weighted by atomic mass is 19.4. The van der Waals surface area contributed by atoms with E-state index >= 15 is 0 Å². The van der Waals surface area contributed by atoms with Crippen molar-refractivity contribution in [2.45, 2.75) is 26.1 Å². The highest BCUT2D eigenvalue weighted by Crippen LogP contribution is 2.31. The van der Waals surface area contributed by atoms with Crippen molar-refractivity contribution in [3.05, 3.63) is 11.4 Å². The summed E-state index contributed by atoms with van der Waals surface area (Å²) in [6.07, 6.45) is -4.98. The number of hydrogen-bond acceptors (Lipinski definition) is 4. The van der Waals surface area contributed by atoms with Gasteiger partial charge in [-0.15, -0.1) is 5.10 Å². The minimum Gasteiger partial charge on any atom is -0.380 e. The molecule has 1 heterocycles. The lowest BCUT2D eigenvalue weighted by atomic mass is 10.2. The van der Waals surface area contributed by atoms with Gasteiger partial charge in [-0.1, -0.05) is 5.21 Å². The number of aromatic nitrogens is 3. The lowest BCUT2D eigenvalue weighted by Crippen LogP contribution is -2.18. The molecule has 0 unspecified atom stereocenters. The molecular weight excluding hydrogens is 237 g/mol. The highest BCUT2D eigenvalue weighted by molar-refractivity contribution is 5.17. The number of hydrogen-bond donors (Lipinski definition) is 0. The molecule has 0 aliphatic carbocycles. The average molecular weight is 248 g/mol. The molecule has 0 atom stereocenters. The zero-order valence-corrected chi connectivity index (χ0v) is 9.16. The van der Waals surface area contributed by atoms with Gasteiger partial charge in [0, 0.05) is 6.61 Å². The third kappa shape index (κ3) is 3.42. The number of alkyl halides is 3. The second-order valence-electron chi connectivity index (χ2n) is 3.14. The van der Waals surface area contributed by atoms with Gasteiger partial charge in [0.2, 0.25) is 0 Å². The van der Waals surface area contributed by atoms with Gasteiger partial charge in [-0.3, -0.25) is 0 Å². The van der Waals surface area contributed by atoms with Crippen molar-refractivity contribution in [3.8, 4) is 6.07 Å². The fraction of sp³-hybridized carbons (Fsp3) is 0.667. The van der Waals surface area contributed by atoms with Crippen LogP contribution in [0, 0.1) is 11.3 Å². The van der Waals surface area contributed by atoms with Crippen LogP contribution in [0.4, 0.5) is 13.2 Å². The summed E-state index contributed by atoms with van der Waals surface area (Å²) in [6.45, 7) is 2.24. The number of halogens is 3. The van der Waals surface area contributed by atoms with Crippen LogP contribution in [0.1, 0.15) is 18.3 Å². The zero-order chi connectivity index (χ0) is 12.9. The quantitative estimate of drug-likeness (QED) is 0.739. The van der Waals surface area contributed by atoms with Crippen molar-refractivity contribution in [1.29, 1.82) is 5.26 Å². The van der Waals surface area contributed by atoms with E-state index in [2.05, 4.69) is 10.3 Å². The topological polar surface area (TPSA) is 63.7 Å². The minimum atomic E-state index is -4.57. The lowest BCUT2D eigenvalue weighted by molar-refractivity contribution is -0.145.